The van der Waals surface area contributed by atoms with E-state index in [-0.39, 0.29) is 0 Å². The zero-order valence-corrected chi connectivity index (χ0v) is 9.34. The smallest absolute Gasteiger partial charge is 0.197 e. The van der Waals surface area contributed by atoms with Crippen molar-refractivity contribution >= 4 is 12.2 Å². The molecule has 0 aliphatic heterocycles. The van der Waals surface area contributed by atoms with Crippen LogP contribution in [0.25, 0.3) is 11.3 Å². The largest absolute Gasteiger partial charge is 0.330 e. The van der Waals surface area contributed by atoms with Crippen molar-refractivity contribution in [3.05, 3.63) is 46.9 Å². The minimum atomic E-state index is 0.520. The second-order valence-corrected chi connectivity index (χ2v) is 3.73. The summed E-state index contributed by atoms with van der Waals surface area (Å²) in [6, 6.07) is 10.4. The summed E-state index contributed by atoms with van der Waals surface area (Å²) in [5, 5.41) is 0. The highest BCUT2D eigenvalue weighted by Gasteiger charge is 1.97. The highest BCUT2D eigenvalue weighted by Crippen LogP contribution is 2.16. The van der Waals surface area contributed by atoms with Crippen LogP contribution in [0.1, 0.15) is 12.5 Å². The molecule has 0 unspecified atom stereocenters. The van der Waals surface area contributed by atoms with Gasteiger partial charge >= 0.3 is 0 Å². The van der Waals surface area contributed by atoms with Gasteiger partial charge in [-0.3, -0.25) is 0 Å². The first-order valence-electron chi connectivity index (χ1n) is 4.94. The number of aromatic amines is 1. The number of aromatic nitrogens is 2. The Labute approximate surface area is 94.0 Å². The van der Waals surface area contributed by atoms with E-state index in [0.717, 1.165) is 17.7 Å². The molecule has 3 heteroatoms. The molecule has 2 nitrogen and oxygen atoms in total. The van der Waals surface area contributed by atoms with E-state index in [1.807, 2.05) is 6.07 Å². The van der Waals surface area contributed by atoms with Gasteiger partial charge in [-0.25, -0.2) is 4.98 Å². The van der Waals surface area contributed by atoms with Gasteiger partial charge in [0.1, 0.15) is 0 Å². The van der Waals surface area contributed by atoms with Crippen molar-refractivity contribution in [2.45, 2.75) is 13.3 Å². The molecule has 0 saturated carbocycles. The average Bonchev–Trinajstić information content (AvgIpc) is 2.29. The molecule has 0 bridgehead atoms. The number of rotatable bonds is 2. The minimum absolute atomic E-state index is 0.520. The average molecular weight is 216 g/mol. The van der Waals surface area contributed by atoms with Crippen molar-refractivity contribution in [2.24, 2.45) is 0 Å². The first kappa shape index (κ1) is 10.1. The lowest BCUT2D eigenvalue weighted by Crippen LogP contribution is -1.86. The fourth-order valence-corrected chi connectivity index (χ4v) is 1.63. The molecule has 0 fully saturated rings. The molecule has 15 heavy (non-hydrogen) atoms. The second kappa shape index (κ2) is 4.36. The van der Waals surface area contributed by atoms with Gasteiger partial charge in [0.05, 0.1) is 0 Å². The molecular weight excluding hydrogens is 204 g/mol. The topological polar surface area (TPSA) is 28.7 Å². The van der Waals surface area contributed by atoms with Crippen LogP contribution in [0.5, 0.6) is 0 Å². The van der Waals surface area contributed by atoms with Gasteiger partial charge in [0.15, 0.2) is 4.77 Å². The van der Waals surface area contributed by atoms with E-state index in [2.05, 4.69) is 41.2 Å². The van der Waals surface area contributed by atoms with Crippen LogP contribution in [0.15, 0.2) is 36.5 Å². The summed E-state index contributed by atoms with van der Waals surface area (Å²) in [5.41, 5.74) is 3.49. The number of nitrogens with one attached hydrogen (secondary N) is 1. The summed E-state index contributed by atoms with van der Waals surface area (Å²) in [6.45, 7) is 2.15. The standard InChI is InChI=1S/C12H12N2S/c1-2-9-3-5-10(6-4-9)11-7-8-13-12(15)14-11/h3-8H,2H2,1H3,(H,13,14,15). The first-order chi connectivity index (χ1) is 7.29. The molecule has 76 valence electrons. The zero-order chi connectivity index (χ0) is 10.7. The molecule has 1 N–H and O–H groups in total. The van der Waals surface area contributed by atoms with Crippen LogP contribution in [0.2, 0.25) is 0 Å². The van der Waals surface area contributed by atoms with Crippen molar-refractivity contribution in [1.29, 1.82) is 0 Å². The Balaban J connectivity index is 2.41. The van der Waals surface area contributed by atoms with Crippen LogP contribution in [-0.4, -0.2) is 9.97 Å². The van der Waals surface area contributed by atoms with E-state index >= 15 is 0 Å². The highest BCUT2D eigenvalue weighted by atomic mass is 32.1. The third-order valence-electron chi connectivity index (χ3n) is 2.35. The van der Waals surface area contributed by atoms with Crippen LogP contribution in [0.4, 0.5) is 0 Å². The number of H-pyrrole nitrogens is 1. The summed E-state index contributed by atoms with van der Waals surface area (Å²) in [4.78, 5) is 7.02. The van der Waals surface area contributed by atoms with Gasteiger partial charge in [-0.15, -0.1) is 0 Å². The predicted molar refractivity (Wildman–Crippen MR) is 64.2 cm³/mol. The quantitative estimate of drug-likeness (QED) is 0.780. The Hall–Kier alpha value is -1.48. The third kappa shape index (κ3) is 2.30. The van der Waals surface area contributed by atoms with E-state index in [1.165, 1.54) is 5.56 Å². The maximum Gasteiger partial charge on any atom is 0.197 e. The van der Waals surface area contributed by atoms with Gasteiger partial charge in [-0.2, -0.15) is 0 Å². The number of nitrogens with zero attached hydrogens (tertiary/aromatic N) is 1. The molecule has 0 atom stereocenters. The monoisotopic (exact) mass is 216 g/mol. The minimum Gasteiger partial charge on any atom is -0.330 e. The van der Waals surface area contributed by atoms with E-state index in [1.54, 1.807) is 6.20 Å². The van der Waals surface area contributed by atoms with Gasteiger partial charge < -0.3 is 4.98 Å². The summed E-state index contributed by atoms with van der Waals surface area (Å²) >= 11 is 4.98. The van der Waals surface area contributed by atoms with Crippen molar-refractivity contribution in [3.63, 3.8) is 0 Å². The number of aryl methyl sites for hydroxylation is 1. The fourth-order valence-electron chi connectivity index (χ4n) is 1.46. The lowest BCUT2D eigenvalue weighted by atomic mass is 10.1. The molecule has 1 heterocycles. The van der Waals surface area contributed by atoms with Crippen molar-refractivity contribution in [1.82, 2.24) is 9.97 Å². The van der Waals surface area contributed by atoms with Gasteiger partial charge in [0, 0.05) is 11.9 Å². The van der Waals surface area contributed by atoms with Crippen LogP contribution in [0.3, 0.4) is 0 Å². The van der Waals surface area contributed by atoms with Gasteiger partial charge in [-0.05, 0) is 35.8 Å². The normalized spacial score (nSPS) is 10.2. The second-order valence-electron chi connectivity index (χ2n) is 3.34. The van der Waals surface area contributed by atoms with Gasteiger partial charge in [0.25, 0.3) is 0 Å². The van der Waals surface area contributed by atoms with Crippen LogP contribution in [0, 0.1) is 4.77 Å². The molecule has 2 aromatic rings. The molecule has 0 aliphatic rings. The Bertz CT molecular complexity index is 500. The summed E-state index contributed by atoms with van der Waals surface area (Å²) < 4.78 is 0.520. The lowest BCUT2D eigenvalue weighted by Gasteiger charge is -2.02. The Morgan fingerprint density at radius 3 is 2.53 bits per heavy atom. The molecule has 1 aromatic carbocycles. The molecule has 0 amide bonds. The van der Waals surface area contributed by atoms with Crippen molar-refractivity contribution in [3.8, 4) is 11.3 Å². The first-order valence-corrected chi connectivity index (χ1v) is 5.35. The van der Waals surface area contributed by atoms with E-state index in [0.29, 0.717) is 4.77 Å². The Kier molecular flexibility index (Phi) is 2.92. The molecule has 0 radical (unpaired) electrons. The van der Waals surface area contributed by atoms with Crippen molar-refractivity contribution < 1.29 is 0 Å². The summed E-state index contributed by atoms with van der Waals surface area (Å²) in [5.74, 6) is 0. The van der Waals surface area contributed by atoms with Crippen LogP contribution < -0.4 is 0 Å². The highest BCUT2D eigenvalue weighted by molar-refractivity contribution is 7.71. The molecule has 0 aliphatic carbocycles. The predicted octanol–water partition coefficient (Wildman–Crippen LogP) is 3.37. The summed E-state index contributed by atoms with van der Waals surface area (Å²) in [6.07, 6.45) is 2.79. The molecule has 2 rings (SSSR count). The maximum atomic E-state index is 4.98. The Morgan fingerprint density at radius 1 is 1.20 bits per heavy atom. The maximum absolute atomic E-state index is 4.98. The lowest BCUT2D eigenvalue weighted by molar-refractivity contribution is 1.13. The molecule has 0 saturated heterocycles. The van der Waals surface area contributed by atoms with Gasteiger partial charge in [-0.1, -0.05) is 31.2 Å². The number of hydrogen-bond acceptors (Lipinski definition) is 2. The van der Waals surface area contributed by atoms with Crippen molar-refractivity contribution in [2.75, 3.05) is 0 Å². The Morgan fingerprint density at radius 2 is 1.93 bits per heavy atom. The number of benzene rings is 1. The SMILES string of the molecule is CCc1ccc(-c2ccnc(=S)[nH]2)cc1. The summed E-state index contributed by atoms with van der Waals surface area (Å²) in [7, 11) is 0. The fraction of sp³-hybridized carbons (Fsp3) is 0.167. The number of hydrogen-bond donors (Lipinski definition) is 1. The van der Waals surface area contributed by atoms with E-state index in [9.17, 15) is 0 Å². The van der Waals surface area contributed by atoms with Crippen LogP contribution >= 0.6 is 12.2 Å². The molecular formula is C12H12N2S. The van der Waals surface area contributed by atoms with E-state index in [4.69, 9.17) is 12.2 Å². The van der Waals surface area contributed by atoms with Gasteiger partial charge in [0.2, 0.25) is 0 Å². The molecule has 1 aromatic heterocycles. The molecule has 0 spiro atoms. The van der Waals surface area contributed by atoms with E-state index < -0.39 is 0 Å². The zero-order valence-electron chi connectivity index (χ0n) is 8.53. The van der Waals surface area contributed by atoms with Crippen LogP contribution in [-0.2, 0) is 6.42 Å². The third-order valence-corrected chi connectivity index (χ3v) is 2.56.